The number of amides is 1. The number of pyridine rings is 1. The minimum Gasteiger partial charge on any atom is -0.472 e. The molecule has 3 rings (SSSR count). The largest absolute Gasteiger partial charge is 0.472 e. The molecule has 1 saturated heterocycles. The van der Waals surface area contributed by atoms with Gasteiger partial charge >= 0.3 is 12.1 Å². The molecule has 1 fully saturated rings. The topological polar surface area (TPSA) is 78.0 Å². The molecule has 1 aliphatic heterocycles. The van der Waals surface area contributed by atoms with E-state index in [-0.39, 0.29) is 6.54 Å². The molecule has 1 amide bonds. The summed E-state index contributed by atoms with van der Waals surface area (Å²) in [6.07, 6.45) is 0.999. The Labute approximate surface area is 172 Å². The number of rotatable bonds is 3. The van der Waals surface area contributed by atoms with Gasteiger partial charge in [0.15, 0.2) is 0 Å². The first-order valence-electron chi connectivity index (χ1n) is 8.96. The lowest BCUT2D eigenvalue weighted by Crippen LogP contribution is -2.44. The van der Waals surface area contributed by atoms with Crippen LogP contribution in [-0.2, 0) is 14.3 Å². The summed E-state index contributed by atoms with van der Waals surface area (Å²) in [6, 6.07) is 6.97. The molecule has 0 aliphatic carbocycles. The van der Waals surface area contributed by atoms with Crippen molar-refractivity contribution in [3.8, 4) is 5.88 Å². The number of hydrogen-bond acceptors (Lipinski definition) is 6. The van der Waals surface area contributed by atoms with E-state index >= 15 is 0 Å². The van der Waals surface area contributed by atoms with Crippen LogP contribution in [0, 0.1) is 0 Å². The highest BCUT2D eigenvalue weighted by Gasteiger charge is 2.43. The number of fused-ring (bicyclic) bond motifs is 1. The number of hydrogen-bond donors (Lipinski definition) is 0. The average molecular weight is 451 g/mol. The summed E-state index contributed by atoms with van der Waals surface area (Å²) in [6.45, 7) is 5.54. The molecule has 2 heterocycles. The van der Waals surface area contributed by atoms with E-state index in [0.717, 1.165) is 15.2 Å². The highest BCUT2D eigenvalue weighted by atomic mass is 79.9. The second kappa shape index (κ2) is 7.95. The molecule has 1 aliphatic rings. The highest BCUT2D eigenvalue weighted by Crippen LogP contribution is 2.30. The van der Waals surface area contributed by atoms with Gasteiger partial charge in [0.1, 0.15) is 17.7 Å². The predicted molar refractivity (Wildman–Crippen MR) is 107 cm³/mol. The van der Waals surface area contributed by atoms with Gasteiger partial charge in [0.25, 0.3) is 0 Å². The van der Waals surface area contributed by atoms with E-state index in [1.54, 1.807) is 27.0 Å². The average Bonchev–Trinajstić information content (AvgIpc) is 3.04. The van der Waals surface area contributed by atoms with Gasteiger partial charge in [0.05, 0.1) is 13.7 Å². The van der Waals surface area contributed by atoms with Crippen LogP contribution in [0.2, 0.25) is 0 Å². The molecule has 1 aromatic carbocycles. The highest BCUT2D eigenvalue weighted by molar-refractivity contribution is 9.10. The molecule has 150 valence electrons. The van der Waals surface area contributed by atoms with Gasteiger partial charge < -0.3 is 14.2 Å². The zero-order valence-corrected chi connectivity index (χ0v) is 17.9. The normalized spacial score (nSPS) is 19.5. The molecule has 7 nitrogen and oxygen atoms in total. The Morgan fingerprint density at radius 2 is 2.00 bits per heavy atom. The summed E-state index contributed by atoms with van der Waals surface area (Å²) < 4.78 is 17.3. The van der Waals surface area contributed by atoms with Crippen molar-refractivity contribution in [1.82, 2.24) is 9.88 Å². The van der Waals surface area contributed by atoms with Gasteiger partial charge in [0.2, 0.25) is 5.88 Å². The summed E-state index contributed by atoms with van der Waals surface area (Å²) in [5.41, 5.74) is -0.667. The van der Waals surface area contributed by atoms with Gasteiger partial charge in [-0.25, -0.2) is 14.6 Å². The molecule has 0 saturated carbocycles. The van der Waals surface area contributed by atoms with Crippen molar-refractivity contribution >= 4 is 38.8 Å². The smallest absolute Gasteiger partial charge is 0.411 e. The summed E-state index contributed by atoms with van der Waals surface area (Å²) in [4.78, 5) is 30.5. The van der Waals surface area contributed by atoms with Crippen LogP contribution in [0.4, 0.5) is 4.79 Å². The van der Waals surface area contributed by atoms with Crippen LogP contribution in [0.1, 0.15) is 27.2 Å². The molecule has 0 N–H and O–H groups in total. The third-order valence-corrected chi connectivity index (χ3v) is 4.83. The first kappa shape index (κ1) is 20.4. The molecule has 0 spiro atoms. The number of likely N-dealkylation sites (tertiary alicyclic amines) is 1. The standard InChI is InChI=1S/C20H23BrN2O5/c1-20(2,3)28-19(25)23-11-14(10-16(23)18(24)26-4)27-17-15-9-13(21)6-5-12(15)7-8-22-17/h5-9,14,16H,10-11H2,1-4H3/t14-,16+/m1/s1. The van der Waals surface area contributed by atoms with Gasteiger partial charge in [0, 0.05) is 22.5 Å². The SMILES string of the molecule is COC(=O)[C@@H]1C[C@@H](Oc2nccc3ccc(Br)cc23)CN1C(=O)OC(C)(C)C. The van der Waals surface area contributed by atoms with Crippen LogP contribution in [0.5, 0.6) is 5.88 Å². The second-order valence-corrected chi connectivity index (χ2v) is 8.54. The lowest BCUT2D eigenvalue weighted by atomic mass is 10.1. The number of methoxy groups -OCH3 is 1. The Morgan fingerprint density at radius 1 is 1.25 bits per heavy atom. The minimum absolute atomic E-state index is 0.209. The predicted octanol–water partition coefficient (Wildman–Crippen LogP) is 3.93. The number of halogens is 1. The molecular formula is C20H23BrN2O5. The number of nitrogens with zero attached hydrogens (tertiary/aromatic N) is 2. The Kier molecular flexibility index (Phi) is 5.79. The number of esters is 1. The van der Waals surface area contributed by atoms with E-state index in [4.69, 9.17) is 14.2 Å². The van der Waals surface area contributed by atoms with Crippen LogP contribution >= 0.6 is 15.9 Å². The summed E-state index contributed by atoms with van der Waals surface area (Å²) >= 11 is 3.46. The van der Waals surface area contributed by atoms with Gasteiger partial charge in [-0.2, -0.15) is 0 Å². The Hall–Kier alpha value is -2.35. The van der Waals surface area contributed by atoms with Gasteiger partial charge in [-0.1, -0.05) is 22.0 Å². The Morgan fingerprint density at radius 3 is 2.68 bits per heavy atom. The fourth-order valence-corrected chi connectivity index (χ4v) is 3.49. The fraction of sp³-hybridized carbons (Fsp3) is 0.450. The fourth-order valence-electron chi connectivity index (χ4n) is 3.13. The van der Waals surface area contributed by atoms with Crippen molar-refractivity contribution in [3.05, 3.63) is 34.9 Å². The monoisotopic (exact) mass is 450 g/mol. The lowest BCUT2D eigenvalue weighted by Gasteiger charge is -2.27. The van der Waals surface area contributed by atoms with E-state index in [2.05, 4.69) is 20.9 Å². The van der Waals surface area contributed by atoms with Gasteiger partial charge in [-0.3, -0.25) is 4.90 Å². The number of carbonyl (C=O) groups excluding carboxylic acids is 2. The Balaban J connectivity index is 1.83. The van der Waals surface area contributed by atoms with E-state index in [1.165, 1.54) is 12.0 Å². The second-order valence-electron chi connectivity index (χ2n) is 7.63. The Bertz CT molecular complexity index is 896. The summed E-state index contributed by atoms with van der Waals surface area (Å²) in [5.74, 6) is -0.0379. The molecule has 2 aromatic rings. The zero-order chi connectivity index (χ0) is 20.5. The van der Waals surface area contributed by atoms with E-state index in [0.29, 0.717) is 12.3 Å². The van der Waals surface area contributed by atoms with E-state index in [9.17, 15) is 9.59 Å². The number of carbonyl (C=O) groups is 2. The number of benzene rings is 1. The van der Waals surface area contributed by atoms with Crippen molar-refractivity contribution in [3.63, 3.8) is 0 Å². The molecule has 1 aromatic heterocycles. The molecule has 0 bridgehead atoms. The lowest BCUT2D eigenvalue weighted by molar-refractivity contribution is -0.145. The van der Waals surface area contributed by atoms with E-state index in [1.807, 2.05) is 24.3 Å². The maximum atomic E-state index is 12.6. The maximum absolute atomic E-state index is 12.6. The molecule has 28 heavy (non-hydrogen) atoms. The van der Waals surface area contributed by atoms with Crippen LogP contribution in [0.15, 0.2) is 34.9 Å². The molecule has 2 atom stereocenters. The van der Waals surface area contributed by atoms with Gasteiger partial charge in [-0.15, -0.1) is 0 Å². The van der Waals surface area contributed by atoms with E-state index < -0.39 is 29.8 Å². The molecular weight excluding hydrogens is 428 g/mol. The summed E-state index contributed by atoms with van der Waals surface area (Å²) in [7, 11) is 1.30. The first-order valence-corrected chi connectivity index (χ1v) is 9.75. The minimum atomic E-state index is -0.758. The van der Waals surface area contributed by atoms with Crippen LogP contribution in [0.25, 0.3) is 10.8 Å². The maximum Gasteiger partial charge on any atom is 0.411 e. The van der Waals surface area contributed by atoms with Crippen molar-refractivity contribution in [2.75, 3.05) is 13.7 Å². The van der Waals surface area contributed by atoms with Crippen LogP contribution < -0.4 is 4.74 Å². The first-order chi connectivity index (χ1) is 13.2. The molecule has 0 unspecified atom stereocenters. The van der Waals surface area contributed by atoms with Gasteiger partial charge in [-0.05, 0) is 44.4 Å². The van der Waals surface area contributed by atoms with Crippen molar-refractivity contribution in [1.29, 1.82) is 0 Å². The number of aromatic nitrogens is 1. The van der Waals surface area contributed by atoms with Crippen molar-refractivity contribution in [2.24, 2.45) is 0 Å². The van der Waals surface area contributed by atoms with Crippen LogP contribution in [0.3, 0.4) is 0 Å². The van der Waals surface area contributed by atoms with Crippen LogP contribution in [-0.4, -0.2) is 53.3 Å². The van der Waals surface area contributed by atoms with Crippen molar-refractivity contribution < 1.29 is 23.8 Å². The molecule has 0 radical (unpaired) electrons. The number of ether oxygens (including phenoxy) is 3. The third-order valence-electron chi connectivity index (χ3n) is 4.33. The molecule has 8 heteroatoms. The third kappa shape index (κ3) is 4.55. The zero-order valence-electron chi connectivity index (χ0n) is 16.3. The van der Waals surface area contributed by atoms with Crippen molar-refractivity contribution in [2.45, 2.75) is 44.9 Å². The quantitative estimate of drug-likeness (QED) is 0.659. The summed E-state index contributed by atoms with van der Waals surface area (Å²) in [5, 5.41) is 1.84.